The van der Waals surface area contributed by atoms with Crippen molar-refractivity contribution in [2.45, 2.75) is 17.0 Å². The first-order chi connectivity index (χ1) is 14.7. The molecule has 0 radical (unpaired) electrons. The minimum atomic E-state index is -0.252. The number of ether oxygens (including phenoxy) is 1. The lowest BCUT2D eigenvalue weighted by atomic mass is 10.0. The summed E-state index contributed by atoms with van der Waals surface area (Å²) in [5.41, 5.74) is 2.95. The van der Waals surface area contributed by atoms with E-state index in [1.807, 2.05) is 35.7 Å². The Morgan fingerprint density at radius 2 is 1.73 bits per heavy atom. The fourth-order valence-corrected chi connectivity index (χ4v) is 6.69. The van der Waals surface area contributed by atoms with Crippen LogP contribution in [0, 0.1) is 5.82 Å². The zero-order chi connectivity index (χ0) is 20.8. The molecule has 1 atom stereocenters. The summed E-state index contributed by atoms with van der Waals surface area (Å²) in [5, 5.41) is 3.08. The Kier molecular flexibility index (Phi) is 7.71. The van der Waals surface area contributed by atoms with Gasteiger partial charge in [-0.1, -0.05) is 24.3 Å². The summed E-state index contributed by atoms with van der Waals surface area (Å²) in [7, 11) is 0. The average Bonchev–Trinajstić information content (AvgIpc) is 2.81. The van der Waals surface area contributed by atoms with Crippen LogP contribution in [0.5, 0.6) is 0 Å². The molecule has 2 saturated heterocycles. The van der Waals surface area contributed by atoms with E-state index in [0.717, 1.165) is 18.7 Å². The highest BCUT2D eigenvalue weighted by molar-refractivity contribution is 8.16. The molecule has 7 heteroatoms. The number of hydrogen-bond donors (Lipinski definition) is 1. The van der Waals surface area contributed by atoms with E-state index in [4.69, 9.17) is 4.74 Å². The van der Waals surface area contributed by atoms with Crippen molar-refractivity contribution in [3.8, 4) is 0 Å². The van der Waals surface area contributed by atoms with Crippen LogP contribution in [-0.4, -0.2) is 55.2 Å². The standard InChI is InChI=1S/C23H27FN2O2S2/c24-20-8-6-17(7-9-20)21(26-10-12-28-13-11-26)16-25-22(27)18-2-4-19(5-3-18)23-29-14-1-15-30-23/h2-9,21,23H,1,10-16H2,(H,25,27)/t21-/m0/s1. The van der Waals surface area contributed by atoms with E-state index in [1.54, 1.807) is 12.1 Å². The number of hydrogen-bond acceptors (Lipinski definition) is 5. The molecule has 1 N–H and O–H groups in total. The van der Waals surface area contributed by atoms with E-state index in [0.29, 0.717) is 29.9 Å². The van der Waals surface area contributed by atoms with Gasteiger partial charge in [-0.25, -0.2) is 4.39 Å². The van der Waals surface area contributed by atoms with Crippen molar-refractivity contribution in [3.05, 3.63) is 71.0 Å². The zero-order valence-electron chi connectivity index (χ0n) is 16.9. The average molecular weight is 447 g/mol. The minimum Gasteiger partial charge on any atom is -0.379 e. The Morgan fingerprint density at radius 3 is 2.40 bits per heavy atom. The molecule has 1 amide bonds. The predicted octanol–water partition coefficient (Wildman–Crippen LogP) is 4.50. The summed E-state index contributed by atoms with van der Waals surface area (Å²) in [6.07, 6.45) is 1.27. The number of morpholine rings is 1. The third-order valence-corrected chi connectivity index (χ3v) is 8.48. The van der Waals surface area contributed by atoms with Gasteiger partial charge in [-0.05, 0) is 53.3 Å². The molecule has 0 aromatic heterocycles. The monoisotopic (exact) mass is 446 g/mol. The second kappa shape index (κ2) is 10.7. The van der Waals surface area contributed by atoms with Gasteiger partial charge in [0, 0.05) is 25.2 Å². The number of nitrogens with one attached hydrogen (secondary N) is 1. The Bertz CT molecular complexity index is 820. The number of rotatable bonds is 6. The van der Waals surface area contributed by atoms with Gasteiger partial charge < -0.3 is 10.1 Å². The molecule has 0 saturated carbocycles. The molecule has 2 heterocycles. The first-order valence-corrected chi connectivity index (χ1v) is 12.5. The summed E-state index contributed by atoms with van der Waals surface area (Å²) in [4.78, 5) is 15.1. The van der Waals surface area contributed by atoms with E-state index in [9.17, 15) is 9.18 Å². The summed E-state index contributed by atoms with van der Waals surface area (Å²) in [6, 6.07) is 14.5. The molecule has 2 aliphatic heterocycles. The molecular weight excluding hydrogens is 419 g/mol. The lowest BCUT2D eigenvalue weighted by Gasteiger charge is -2.35. The van der Waals surface area contributed by atoms with Crippen LogP contribution in [0.4, 0.5) is 4.39 Å². The fourth-order valence-electron chi connectivity index (χ4n) is 3.80. The molecule has 2 aromatic rings. The highest BCUT2D eigenvalue weighted by atomic mass is 32.2. The van der Waals surface area contributed by atoms with Crippen molar-refractivity contribution in [3.63, 3.8) is 0 Å². The molecule has 0 bridgehead atoms. The number of benzene rings is 2. The van der Waals surface area contributed by atoms with Crippen LogP contribution < -0.4 is 5.32 Å². The molecule has 2 aliphatic rings. The zero-order valence-corrected chi connectivity index (χ0v) is 18.5. The van der Waals surface area contributed by atoms with E-state index < -0.39 is 0 Å². The highest BCUT2D eigenvalue weighted by Gasteiger charge is 2.24. The largest absolute Gasteiger partial charge is 0.379 e. The molecule has 0 aliphatic carbocycles. The molecular formula is C23H27FN2O2S2. The first-order valence-electron chi connectivity index (χ1n) is 10.4. The maximum absolute atomic E-state index is 13.4. The molecule has 0 unspecified atom stereocenters. The van der Waals surface area contributed by atoms with Gasteiger partial charge in [0.15, 0.2) is 0 Å². The number of carbonyl (C=O) groups is 1. The Balaban J connectivity index is 1.40. The topological polar surface area (TPSA) is 41.6 Å². The minimum absolute atomic E-state index is 0.00670. The van der Waals surface area contributed by atoms with Crippen LogP contribution in [0.1, 0.15) is 38.5 Å². The Morgan fingerprint density at radius 1 is 1.07 bits per heavy atom. The van der Waals surface area contributed by atoms with Crippen molar-refractivity contribution in [2.75, 3.05) is 44.4 Å². The van der Waals surface area contributed by atoms with Crippen LogP contribution in [0.2, 0.25) is 0 Å². The summed E-state index contributed by atoms with van der Waals surface area (Å²) < 4.78 is 19.3. The number of nitrogens with zero attached hydrogens (tertiary/aromatic N) is 1. The lowest BCUT2D eigenvalue weighted by Crippen LogP contribution is -2.43. The van der Waals surface area contributed by atoms with E-state index >= 15 is 0 Å². The SMILES string of the molecule is O=C(NC[C@@H](c1ccc(F)cc1)N1CCOCC1)c1ccc(C2SCCCS2)cc1. The van der Waals surface area contributed by atoms with Gasteiger partial charge in [0.05, 0.1) is 23.8 Å². The van der Waals surface area contributed by atoms with Crippen molar-refractivity contribution in [1.29, 1.82) is 0 Å². The van der Waals surface area contributed by atoms with Gasteiger partial charge in [0.2, 0.25) is 0 Å². The molecule has 4 nitrogen and oxygen atoms in total. The van der Waals surface area contributed by atoms with E-state index in [1.165, 1.54) is 35.6 Å². The maximum atomic E-state index is 13.4. The van der Waals surface area contributed by atoms with Crippen LogP contribution in [0.15, 0.2) is 48.5 Å². The van der Waals surface area contributed by atoms with Gasteiger partial charge in [-0.15, -0.1) is 23.5 Å². The van der Waals surface area contributed by atoms with E-state index in [2.05, 4.69) is 22.3 Å². The third kappa shape index (κ3) is 5.58. The second-order valence-corrected chi connectivity index (χ2v) is 10.2. The third-order valence-electron chi connectivity index (χ3n) is 5.47. The van der Waals surface area contributed by atoms with E-state index in [-0.39, 0.29) is 17.8 Å². The summed E-state index contributed by atoms with van der Waals surface area (Å²) in [6.45, 7) is 3.40. The van der Waals surface area contributed by atoms with Crippen LogP contribution in [-0.2, 0) is 4.74 Å². The second-order valence-electron chi connectivity index (χ2n) is 7.47. The van der Waals surface area contributed by atoms with Gasteiger partial charge in [-0.3, -0.25) is 9.69 Å². The number of amides is 1. The number of halogens is 1. The van der Waals surface area contributed by atoms with Crippen molar-refractivity contribution in [1.82, 2.24) is 10.2 Å². The predicted molar refractivity (Wildman–Crippen MR) is 123 cm³/mol. The van der Waals surface area contributed by atoms with Crippen molar-refractivity contribution < 1.29 is 13.9 Å². The van der Waals surface area contributed by atoms with Crippen molar-refractivity contribution in [2.24, 2.45) is 0 Å². The van der Waals surface area contributed by atoms with Gasteiger partial charge >= 0.3 is 0 Å². The summed E-state index contributed by atoms with van der Waals surface area (Å²) >= 11 is 3.96. The molecule has 160 valence electrons. The molecule has 2 aromatic carbocycles. The maximum Gasteiger partial charge on any atom is 0.251 e. The highest BCUT2D eigenvalue weighted by Crippen LogP contribution is 2.43. The lowest BCUT2D eigenvalue weighted by molar-refractivity contribution is 0.0162. The Hall–Kier alpha value is -1.54. The number of thioether (sulfide) groups is 2. The van der Waals surface area contributed by atoms with Gasteiger partial charge in [0.1, 0.15) is 5.82 Å². The number of carbonyl (C=O) groups excluding carboxylic acids is 1. The molecule has 0 spiro atoms. The fraction of sp³-hybridized carbons (Fsp3) is 0.435. The van der Waals surface area contributed by atoms with Gasteiger partial charge in [-0.2, -0.15) is 0 Å². The molecule has 4 rings (SSSR count). The van der Waals surface area contributed by atoms with Crippen LogP contribution in [0.25, 0.3) is 0 Å². The van der Waals surface area contributed by atoms with Crippen LogP contribution >= 0.6 is 23.5 Å². The Labute approximate surface area is 185 Å². The smallest absolute Gasteiger partial charge is 0.251 e. The summed E-state index contributed by atoms with van der Waals surface area (Å²) in [5.74, 6) is 2.07. The molecule has 2 fully saturated rings. The normalized spacial score (nSPS) is 19.4. The first kappa shape index (κ1) is 21.7. The van der Waals surface area contributed by atoms with Crippen LogP contribution in [0.3, 0.4) is 0 Å². The molecule has 30 heavy (non-hydrogen) atoms. The van der Waals surface area contributed by atoms with Gasteiger partial charge in [0.25, 0.3) is 5.91 Å². The van der Waals surface area contributed by atoms with Crippen molar-refractivity contribution >= 4 is 29.4 Å². The quantitative estimate of drug-likeness (QED) is 0.708.